The van der Waals surface area contributed by atoms with E-state index in [1.807, 2.05) is 0 Å². The fourth-order valence-electron chi connectivity index (χ4n) is 2.18. The van der Waals surface area contributed by atoms with Crippen LogP contribution in [0.1, 0.15) is 39.5 Å². The van der Waals surface area contributed by atoms with Gasteiger partial charge in [0.1, 0.15) is 5.54 Å². The molecule has 3 N–H and O–H groups in total. The molecule has 1 aliphatic rings. The summed E-state index contributed by atoms with van der Waals surface area (Å²) in [6.45, 7) is 3.75. The van der Waals surface area contributed by atoms with E-state index in [-0.39, 0.29) is 11.9 Å². The molecule has 1 rings (SSSR count). The van der Waals surface area contributed by atoms with Crippen LogP contribution in [0.4, 0.5) is 0 Å². The summed E-state index contributed by atoms with van der Waals surface area (Å²) in [6, 6.07) is -0.615. The number of hydrogen-bond acceptors (Lipinski definition) is 4. The SMILES string of the molecule is COC(=O)C1(NC(=O)[C@H](C)N)CCC(C)CC1. The highest BCUT2D eigenvalue weighted by atomic mass is 16.5. The van der Waals surface area contributed by atoms with Crippen molar-refractivity contribution in [2.75, 3.05) is 7.11 Å². The Hall–Kier alpha value is -1.10. The molecule has 0 bridgehead atoms. The van der Waals surface area contributed by atoms with Crippen LogP contribution in [0.3, 0.4) is 0 Å². The summed E-state index contributed by atoms with van der Waals surface area (Å²) in [4.78, 5) is 23.6. The maximum absolute atomic E-state index is 11.9. The molecule has 1 fully saturated rings. The van der Waals surface area contributed by atoms with E-state index >= 15 is 0 Å². The van der Waals surface area contributed by atoms with Crippen molar-refractivity contribution in [2.45, 2.75) is 51.1 Å². The number of ether oxygens (including phenoxy) is 1. The lowest BCUT2D eigenvalue weighted by atomic mass is 9.77. The fraction of sp³-hybridized carbons (Fsp3) is 0.833. The van der Waals surface area contributed by atoms with Gasteiger partial charge >= 0.3 is 5.97 Å². The highest BCUT2D eigenvalue weighted by molar-refractivity contribution is 5.90. The van der Waals surface area contributed by atoms with E-state index in [4.69, 9.17) is 10.5 Å². The van der Waals surface area contributed by atoms with Crippen LogP contribution in [0, 0.1) is 5.92 Å². The van der Waals surface area contributed by atoms with Gasteiger partial charge in [-0.15, -0.1) is 0 Å². The third-order valence-corrected chi connectivity index (χ3v) is 3.48. The Morgan fingerprint density at radius 3 is 2.35 bits per heavy atom. The van der Waals surface area contributed by atoms with E-state index in [1.165, 1.54) is 7.11 Å². The van der Waals surface area contributed by atoms with Crippen LogP contribution in [0.15, 0.2) is 0 Å². The molecule has 98 valence electrons. The molecule has 0 aromatic carbocycles. The van der Waals surface area contributed by atoms with Gasteiger partial charge in [-0.3, -0.25) is 4.79 Å². The number of rotatable bonds is 3. The van der Waals surface area contributed by atoms with Gasteiger partial charge in [-0.1, -0.05) is 6.92 Å². The van der Waals surface area contributed by atoms with Crippen LogP contribution in [0.5, 0.6) is 0 Å². The number of carbonyl (C=O) groups excluding carboxylic acids is 2. The third kappa shape index (κ3) is 3.19. The minimum atomic E-state index is -0.869. The highest BCUT2D eigenvalue weighted by Crippen LogP contribution is 2.32. The maximum atomic E-state index is 11.9. The van der Waals surface area contributed by atoms with Crippen LogP contribution < -0.4 is 11.1 Å². The topological polar surface area (TPSA) is 81.4 Å². The van der Waals surface area contributed by atoms with Crippen molar-refractivity contribution in [3.8, 4) is 0 Å². The Morgan fingerprint density at radius 1 is 1.41 bits per heavy atom. The zero-order valence-electron chi connectivity index (χ0n) is 10.8. The first-order valence-corrected chi connectivity index (χ1v) is 6.07. The van der Waals surface area contributed by atoms with Gasteiger partial charge in [-0.2, -0.15) is 0 Å². The van der Waals surface area contributed by atoms with E-state index in [1.54, 1.807) is 6.92 Å². The largest absolute Gasteiger partial charge is 0.467 e. The molecule has 0 aromatic heterocycles. The predicted octanol–water partition coefficient (Wildman–Crippen LogP) is 0.572. The van der Waals surface area contributed by atoms with E-state index in [0.717, 1.165) is 12.8 Å². The van der Waals surface area contributed by atoms with Crippen LogP contribution >= 0.6 is 0 Å². The number of nitrogens with two attached hydrogens (primary N) is 1. The molecule has 1 aliphatic carbocycles. The van der Waals surface area contributed by atoms with Crippen molar-refractivity contribution in [1.82, 2.24) is 5.32 Å². The first-order valence-electron chi connectivity index (χ1n) is 6.07. The van der Waals surface area contributed by atoms with Crippen molar-refractivity contribution in [3.63, 3.8) is 0 Å². The van der Waals surface area contributed by atoms with Crippen LogP contribution in [-0.2, 0) is 14.3 Å². The van der Waals surface area contributed by atoms with Crippen molar-refractivity contribution in [1.29, 1.82) is 0 Å². The van der Waals surface area contributed by atoms with Gasteiger partial charge in [-0.25, -0.2) is 4.79 Å². The lowest BCUT2D eigenvalue weighted by Crippen LogP contribution is -2.59. The van der Waals surface area contributed by atoms with Crippen LogP contribution in [-0.4, -0.2) is 30.6 Å². The number of carbonyl (C=O) groups is 2. The normalized spacial score (nSPS) is 30.5. The van der Waals surface area contributed by atoms with Crippen molar-refractivity contribution in [3.05, 3.63) is 0 Å². The molecule has 0 spiro atoms. The Balaban J connectivity index is 2.80. The quantitative estimate of drug-likeness (QED) is 0.709. The van der Waals surface area contributed by atoms with Gasteiger partial charge in [0.2, 0.25) is 5.91 Å². The smallest absolute Gasteiger partial charge is 0.331 e. The Labute approximate surface area is 102 Å². The molecule has 1 atom stereocenters. The first-order chi connectivity index (χ1) is 7.91. The van der Waals surface area contributed by atoms with Crippen molar-refractivity contribution in [2.24, 2.45) is 11.7 Å². The average Bonchev–Trinajstić information content (AvgIpc) is 2.31. The monoisotopic (exact) mass is 242 g/mol. The Kier molecular flexibility index (Phi) is 4.51. The Bertz CT molecular complexity index is 294. The van der Waals surface area contributed by atoms with Crippen LogP contribution in [0.25, 0.3) is 0 Å². The summed E-state index contributed by atoms with van der Waals surface area (Å²) in [5, 5.41) is 2.76. The standard InChI is InChI=1S/C12H22N2O3/c1-8-4-6-12(7-5-8,11(16)17-3)14-10(15)9(2)13/h8-9H,4-7,13H2,1-3H3,(H,14,15)/t8?,9-,12?/m0/s1. The summed E-state index contributed by atoms with van der Waals surface area (Å²) in [5.74, 6) is -0.0802. The summed E-state index contributed by atoms with van der Waals surface area (Å²) < 4.78 is 4.81. The van der Waals surface area contributed by atoms with E-state index in [0.29, 0.717) is 18.8 Å². The van der Waals surface area contributed by atoms with Gasteiger partial charge in [0.15, 0.2) is 0 Å². The minimum absolute atomic E-state index is 0.301. The first kappa shape index (κ1) is 14.0. The molecule has 0 heterocycles. The van der Waals surface area contributed by atoms with E-state index < -0.39 is 11.6 Å². The highest BCUT2D eigenvalue weighted by Gasteiger charge is 2.43. The average molecular weight is 242 g/mol. The number of amides is 1. The fourth-order valence-corrected chi connectivity index (χ4v) is 2.18. The minimum Gasteiger partial charge on any atom is -0.467 e. The number of hydrogen-bond donors (Lipinski definition) is 2. The molecule has 5 nitrogen and oxygen atoms in total. The zero-order chi connectivity index (χ0) is 13.1. The molecule has 0 aliphatic heterocycles. The second kappa shape index (κ2) is 5.49. The van der Waals surface area contributed by atoms with Gasteiger partial charge in [-0.05, 0) is 38.5 Å². The zero-order valence-corrected chi connectivity index (χ0v) is 10.8. The second-order valence-electron chi connectivity index (χ2n) is 5.03. The van der Waals surface area contributed by atoms with Crippen LogP contribution in [0.2, 0.25) is 0 Å². The van der Waals surface area contributed by atoms with E-state index in [2.05, 4.69) is 12.2 Å². The van der Waals surface area contributed by atoms with Gasteiger partial charge in [0.05, 0.1) is 13.2 Å². The third-order valence-electron chi connectivity index (χ3n) is 3.48. The molecule has 0 unspecified atom stereocenters. The predicted molar refractivity (Wildman–Crippen MR) is 64.2 cm³/mol. The molecule has 0 radical (unpaired) electrons. The summed E-state index contributed by atoms with van der Waals surface area (Å²) >= 11 is 0. The molecule has 1 amide bonds. The Morgan fingerprint density at radius 2 is 1.94 bits per heavy atom. The lowest BCUT2D eigenvalue weighted by Gasteiger charge is -2.37. The van der Waals surface area contributed by atoms with Crippen molar-refractivity contribution < 1.29 is 14.3 Å². The van der Waals surface area contributed by atoms with Gasteiger partial charge in [0.25, 0.3) is 0 Å². The molecule has 0 saturated heterocycles. The van der Waals surface area contributed by atoms with E-state index in [9.17, 15) is 9.59 Å². The molecular formula is C12H22N2O3. The van der Waals surface area contributed by atoms with Gasteiger partial charge < -0.3 is 15.8 Å². The number of nitrogens with one attached hydrogen (secondary N) is 1. The molecule has 0 aromatic rings. The maximum Gasteiger partial charge on any atom is 0.331 e. The summed E-state index contributed by atoms with van der Waals surface area (Å²) in [6.07, 6.45) is 3.07. The number of esters is 1. The van der Waals surface area contributed by atoms with Crippen molar-refractivity contribution >= 4 is 11.9 Å². The lowest BCUT2D eigenvalue weighted by molar-refractivity contribution is -0.153. The molecular weight excluding hydrogens is 220 g/mol. The summed E-state index contributed by atoms with van der Waals surface area (Å²) in [7, 11) is 1.35. The van der Waals surface area contributed by atoms with Gasteiger partial charge in [0, 0.05) is 0 Å². The molecule has 17 heavy (non-hydrogen) atoms. The molecule has 5 heteroatoms. The molecule has 1 saturated carbocycles. The number of methoxy groups -OCH3 is 1. The summed E-state index contributed by atoms with van der Waals surface area (Å²) in [5.41, 5.74) is 4.65. The second-order valence-corrected chi connectivity index (χ2v) is 5.03.